The summed E-state index contributed by atoms with van der Waals surface area (Å²) in [6.07, 6.45) is 4.01. The molecular weight excluding hydrogens is 408 g/mol. The van der Waals surface area contributed by atoms with Gasteiger partial charge in [-0.2, -0.15) is 5.10 Å². The first kappa shape index (κ1) is 20.2. The minimum Gasteiger partial charge on any atom is -0.363 e. The van der Waals surface area contributed by atoms with Crippen LogP contribution in [0, 0.1) is 11.6 Å². The average Bonchev–Trinajstić information content (AvgIpc) is 2.70. The summed E-state index contributed by atoms with van der Waals surface area (Å²) in [5.41, 5.74) is 4.74. The molecule has 0 fully saturated rings. The predicted octanol–water partition coefficient (Wildman–Crippen LogP) is 3.12. The molecule has 0 atom stereocenters. The van der Waals surface area contributed by atoms with Gasteiger partial charge < -0.3 is 10.3 Å². The fourth-order valence-corrected chi connectivity index (χ4v) is 3.87. The van der Waals surface area contributed by atoms with Crippen LogP contribution in [-0.2, 0) is 17.8 Å². The Hall–Kier alpha value is -2.52. The second-order valence-corrected chi connectivity index (χ2v) is 7.22. The Morgan fingerprint density at radius 2 is 2.21 bits per heavy atom. The summed E-state index contributed by atoms with van der Waals surface area (Å²) in [7, 11) is 1.64. The molecule has 0 radical (unpaired) electrons. The van der Waals surface area contributed by atoms with Gasteiger partial charge in [0.25, 0.3) is 0 Å². The number of aldehydes is 1. The van der Waals surface area contributed by atoms with Gasteiger partial charge in [0.15, 0.2) is 6.29 Å². The lowest BCUT2D eigenvalue weighted by Gasteiger charge is -2.31. The molecule has 2 aromatic rings. The summed E-state index contributed by atoms with van der Waals surface area (Å²) < 4.78 is 27.1. The van der Waals surface area contributed by atoms with E-state index in [1.807, 2.05) is 4.90 Å². The van der Waals surface area contributed by atoms with E-state index in [4.69, 9.17) is 11.6 Å². The number of rotatable bonds is 6. The van der Waals surface area contributed by atoms with Crippen LogP contribution < -0.4 is 5.43 Å². The molecule has 3 rings (SSSR count). The number of carbonyl (C=O) groups is 1. The summed E-state index contributed by atoms with van der Waals surface area (Å²) in [5.74, 6) is -1.27. The van der Waals surface area contributed by atoms with E-state index in [1.165, 1.54) is 24.7 Å². The van der Waals surface area contributed by atoms with Gasteiger partial charge in [-0.3, -0.25) is 4.79 Å². The Labute approximate surface area is 169 Å². The minimum absolute atomic E-state index is 0.0412. The Morgan fingerprint density at radius 3 is 2.93 bits per heavy atom. The van der Waals surface area contributed by atoms with E-state index >= 15 is 0 Å². The monoisotopic (exact) mass is 423 g/mol. The lowest BCUT2D eigenvalue weighted by atomic mass is 10.1. The number of nitrogens with zero attached hydrogens (tertiary/aromatic N) is 4. The van der Waals surface area contributed by atoms with Crippen LogP contribution in [0.25, 0.3) is 0 Å². The number of hydrogen-bond donors (Lipinski definition) is 1. The lowest BCUT2D eigenvalue weighted by molar-refractivity contribution is -0.104. The van der Waals surface area contributed by atoms with E-state index in [0.717, 1.165) is 29.1 Å². The van der Waals surface area contributed by atoms with Crippen molar-refractivity contribution in [3.05, 3.63) is 58.1 Å². The highest BCUT2D eigenvalue weighted by molar-refractivity contribution is 7.99. The topological polar surface area (TPSA) is 70.5 Å². The molecule has 0 saturated carbocycles. The molecule has 6 nitrogen and oxygen atoms in total. The van der Waals surface area contributed by atoms with Crippen LogP contribution in [-0.4, -0.2) is 41.0 Å². The van der Waals surface area contributed by atoms with Crippen molar-refractivity contribution >= 4 is 35.9 Å². The molecule has 1 aromatic heterocycles. The zero-order valence-electron chi connectivity index (χ0n) is 14.8. The first-order valence-corrected chi connectivity index (χ1v) is 9.48. The third kappa shape index (κ3) is 4.48. The maximum absolute atomic E-state index is 14.0. The zero-order valence-corrected chi connectivity index (χ0v) is 16.4. The Kier molecular flexibility index (Phi) is 6.58. The summed E-state index contributed by atoms with van der Waals surface area (Å²) >= 11 is 7.17. The van der Waals surface area contributed by atoms with Gasteiger partial charge in [0.2, 0.25) is 0 Å². The van der Waals surface area contributed by atoms with Crippen molar-refractivity contribution in [3.63, 3.8) is 0 Å². The predicted molar refractivity (Wildman–Crippen MR) is 103 cm³/mol. The highest BCUT2D eigenvalue weighted by atomic mass is 35.5. The molecule has 0 aliphatic carbocycles. The number of aromatic nitrogens is 2. The molecule has 1 aromatic carbocycles. The molecule has 1 aliphatic heterocycles. The van der Waals surface area contributed by atoms with Gasteiger partial charge in [-0.1, -0.05) is 23.4 Å². The van der Waals surface area contributed by atoms with Gasteiger partial charge in [-0.15, -0.1) is 0 Å². The van der Waals surface area contributed by atoms with E-state index in [2.05, 4.69) is 20.5 Å². The molecule has 2 heterocycles. The van der Waals surface area contributed by atoms with Crippen molar-refractivity contribution in [2.24, 2.45) is 5.10 Å². The van der Waals surface area contributed by atoms with Gasteiger partial charge in [0.05, 0.1) is 24.2 Å². The Balaban J connectivity index is 1.88. The van der Waals surface area contributed by atoms with E-state index in [1.54, 1.807) is 7.05 Å². The number of carbonyl (C=O) groups excluding carboxylic acids is 1. The molecule has 1 aliphatic rings. The molecular formula is C18H16ClF2N5OS. The van der Waals surface area contributed by atoms with Crippen LogP contribution in [0.1, 0.15) is 11.3 Å². The van der Waals surface area contributed by atoms with Gasteiger partial charge in [-0.25, -0.2) is 18.7 Å². The number of hydrogen-bond acceptors (Lipinski definition) is 7. The van der Waals surface area contributed by atoms with Crippen LogP contribution in [0.5, 0.6) is 0 Å². The highest BCUT2D eigenvalue weighted by Gasteiger charge is 2.24. The maximum Gasteiger partial charge on any atom is 0.163 e. The molecule has 10 heteroatoms. The van der Waals surface area contributed by atoms with Gasteiger partial charge >= 0.3 is 0 Å². The normalized spacial score (nSPS) is 14.6. The van der Waals surface area contributed by atoms with Crippen molar-refractivity contribution < 1.29 is 13.6 Å². The number of benzene rings is 1. The molecule has 1 N–H and O–H groups in total. The second-order valence-electron chi connectivity index (χ2n) is 5.79. The minimum atomic E-state index is -0.638. The average molecular weight is 424 g/mol. The molecule has 0 bridgehead atoms. The van der Waals surface area contributed by atoms with E-state index in [0.29, 0.717) is 36.5 Å². The first-order chi connectivity index (χ1) is 13.5. The van der Waals surface area contributed by atoms with Gasteiger partial charge in [0.1, 0.15) is 28.0 Å². The SMILES string of the molecule is CN/N=C\C(=C(\Cl)C=O)N1CCc2c(ncnc2Sc2ccc(F)cc2F)C1. The van der Waals surface area contributed by atoms with Crippen LogP contribution in [0.2, 0.25) is 0 Å². The summed E-state index contributed by atoms with van der Waals surface area (Å²) in [5, 5.41) is 4.59. The molecule has 0 amide bonds. The fourth-order valence-electron chi connectivity index (χ4n) is 2.76. The van der Waals surface area contributed by atoms with E-state index in [9.17, 15) is 13.6 Å². The second kappa shape index (κ2) is 9.11. The number of halogens is 3. The molecule has 0 spiro atoms. The number of nitrogens with one attached hydrogen (secondary N) is 1. The quantitative estimate of drug-likeness (QED) is 0.253. The molecule has 28 heavy (non-hydrogen) atoms. The number of allylic oxidation sites excluding steroid dienone is 2. The summed E-state index contributed by atoms with van der Waals surface area (Å²) in [6.45, 7) is 0.946. The largest absolute Gasteiger partial charge is 0.363 e. The standard InChI is InChI=1S/C18H16ClF2N5OS/c1-22-25-7-16(13(19)9-27)26-5-4-12-15(8-26)23-10-24-18(12)28-17-3-2-11(20)6-14(17)21/h2-3,6-7,9-10,22H,4-5,8H2,1H3/b16-13-,25-7-. The molecule has 0 saturated heterocycles. The van der Waals surface area contributed by atoms with Crippen molar-refractivity contribution in [2.45, 2.75) is 22.9 Å². The highest BCUT2D eigenvalue weighted by Crippen LogP contribution is 2.34. The third-order valence-electron chi connectivity index (χ3n) is 4.07. The lowest BCUT2D eigenvalue weighted by Crippen LogP contribution is -2.32. The van der Waals surface area contributed by atoms with Crippen molar-refractivity contribution in [1.82, 2.24) is 20.3 Å². The van der Waals surface area contributed by atoms with Crippen molar-refractivity contribution in [3.8, 4) is 0 Å². The summed E-state index contributed by atoms with van der Waals surface area (Å²) in [4.78, 5) is 21.9. The molecule has 146 valence electrons. The van der Waals surface area contributed by atoms with Crippen LogP contribution >= 0.6 is 23.4 Å². The van der Waals surface area contributed by atoms with E-state index in [-0.39, 0.29) is 9.93 Å². The van der Waals surface area contributed by atoms with Crippen molar-refractivity contribution in [2.75, 3.05) is 13.6 Å². The number of hydrazone groups is 1. The smallest absolute Gasteiger partial charge is 0.163 e. The van der Waals surface area contributed by atoms with Crippen LogP contribution in [0.3, 0.4) is 0 Å². The Morgan fingerprint density at radius 1 is 1.39 bits per heavy atom. The third-order valence-corrected chi connectivity index (χ3v) is 5.45. The fraction of sp³-hybridized carbons (Fsp3) is 0.222. The zero-order chi connectivity index (χ0) is 20.1. The van der Waals surface area contributed by atoms with Gasteiger partial charge in [0, 0.05) is 30.1 Å². The van der Waals surface area contributed by atoms with Gasteiger partial charge in [-0.05, 0) is 18.6 Å². The first-order valence-electron chi connectivity index (χ1n) is 8.28. The van der Waals surface area contributed by atoms with Crippen molar-refractivity contribution in [1.29, 1.82) is 0 Å². The summed E-state index contributed by atoms with van der Waals surface area (Å²) in [6, 6.07) is 3.44. The van der Waals surface area contributed by atoms with Crippen LogP contribution in [0.15, 0.2) is 50.3 Å². The Bertz CT molecular complexity index is 954. The number of fused-ring (bicyclic) bond motifs is 1. The van der Waals surface area contributed by atoms with Crippen LogP contribution in [0.4, 0.5) is 8.78 Å². The van der Waals surface area contributed by atoms with E-state index < -0.39 is 11.6 Å². The molecule has 0 unspecified atom stereocenters. The maximum atomic E-state index is 14.0.